The standard InChI is InChI=1S/C9H6ClF3OS/c10-7-3-1-6(2-4-7)9(12,13)5-15-8(11)14/h1-4H,5H2. The van der Waals surface area contributed by atoms with E-state index in [1.807, 2.05) is 0 Å². The molecule has 1 aromatic carbocycles. The molecule has 0 radical (unpaired) electrons. The zero-order valence-electron chi connectivity index (χ0n) is 7.34. The van der Waals surface area contributed by atoms with Gasteiger partial charge in [0.05, 0.1) is 5.75 Å². The van der Waals surface area contributed by atoms with Crippen molar-refractivity contribution in [2.75, 3.05) is 5.75 Å². The van der Waals surface area contributed by atoms with Crippen LogP contribution in [0.5, 0.6) is 0 Å². The van der Waals surface area contributed by atoms with Gasteiger partial charge in [-0.3, -0.25) is 0 Å². The smallest absolute Gasteiger partial charge is 0.248 e. The molecule has 0 spiro atoms. The van der Waals surface area contributed by atoms with E-state index in [1.165, 1.54) is 12.1 Å². The van der Waals surface area contributed by atoms with Gasteiger partial charge < -0.3 is 0 Å². The highest BCUT2D eigenvalue weighted by atomic mass is 35.5. The molecule has 1 rings (SSSR count). The number of thioether (sulfide) groups is 1. The van der Waals surface area contributed by atoms with Crippen LogP contribution in [0.3, 0.4) is 0 Å². The minimum absolute atomic E-state index is 0.0513. The number of hydrogen-bond acceptors (Lipinski definition) is 2. The number of alkyl halides is 2. The van der Waals surface area contributed by atoms with Gasteiger partial charge in [0.15, 0.2) is 0 Å². The van der Waals surface area contributed by atoms with Gasteiger partial charge in [0.25, 0.3) is 5.92 Å². The molecular weight excluding hydrogens is 249 g/mol. The molecule has 1 nitrogen and oxygen atoms in total. The van der Waals surface area contributed by atoms with Gasteiger partial charge in [0, 0.05) is 10.6 Å². The first-order chi connectivity index (χ1) is 6.92. The zero-order valence-corrected chi connectivity index (χ0v) is 8.92. The van der Waals surface area contributed by atoms with Crippen LogP contribution >= 0.6 is 23.4 Å². The highest BCUT2D eigenvalue weighted by Crippen LogP contribution is 2.32. The van der Waals surface area contributed by atoms with E-state index in [1.54, 1.807) is 0 Å². The second-order valence-electron chi connectivity index (χ2n) is 2.74. The Morgan fingerprint density at radius 1 is 1.33 bits per heavy atom. The number of rotatable bonds is 3. The molecule has 0 heterocycles. The van der Waals surface area contributed by atoms with Crippen LogP contribution in [0.1, 0.15) is 5.56 Å². The second-order valence-corrected chi connectivity index (χ2v) is 4.07. The van der Waals surface area contributed by atoms with Crippen LogP contribution in [-0.4, -0.2) is 11.1 Å². The Bertz CT molecular complexity index is 353. The normalized spacial score (nSPS) is 11.5. The minimum Gasteiger partial charge on any atom is -0.248 e. The van der Waals surface area contributed by atoms with E-state index in [0.717, 1.165) is 12.1 Å². The SMILES string of the molecule is O=C(F)SCC(F)(F)c1ccc(Cl)cc1. The Morgan fingerprint density at radius 2 is 1.87 bits per heavy atom. The average Bonchev–Trinajstić information content (AvgIpc) is 2.16. The molecular formula is C9H6ClF3OS. The van der Waals surface area contributed by atoms with E-state index in [-0.39, 0.29) is 17.3 Å². The molecule has 0 fully saturated rings. The fourth-order valence-corrected chi connectivity index (χ4v) is 1.51. The summed E-state index contributed by atoms with van der Waals surface area (Å²) in [4.78, 5) is 9.92. The minimum atomic E-state index is -3.24. The molecule has 0 amide bonds. The topological polar surface area (TPSA) is 17.1 Å². The Hall–Kier alpha value is -0.680. The van der Waals surface area contributed by atoms with Crippen molar-refractivity contribution in [3.05, 3.63) is 34.9 Å². The molecule has 6 heteroatoms. The number of benzene rings is 1. The van der Waals surface area contributed by atoms with Gasteiger partial charge in [0.1, 0.15) is 0 Å². The molecule has 0 saturated heterocycles. The van der Waals surface area contributed by atoms with E-state index in [4.69, 9.17) is 11.6 Å². The lowest BCUT2D eigenvalue weighted by Gasteiger charge is -2.14. The van der Waals surface area contributed by atoms with Crippen molar-refractivity contribution in [3.8, 4) is 0 Å². The number of halogens is 4. The number of carbonyl (C=O) groups is 1. The zero-order chi connectivity index (χ0) is 11.5. The maximum absolute atomic E-state index is 13.3. The molecule has 82 valence electrons. The number of carbonyl (C=O) groups excluding carboxylic acids is 1. The third-order valence-corrected chi connectivity index (χ3v) is 2.62. The highest BCUT2D eigenvalue weighted by molar-refractivity contribution is 8.13. The molecule has 1 aromatic rings. The van der Waals surface area contributed by atoms with Crippen LogP contribution in [0.4, 0.5) is 18.0 Å². The molecule has 0 aliphatic rings. The molecule has 0 aliphatic carbocycles. The fraction of sp³-hybridized carbons (Fsp3) is 0.222. The fourth-order valence-electron chi connectivity index (χ4n) is 0.924. The van der Waals surface area contributed by atoms with Crippen molar-refractivity contribution in [1.29, 1.82) is 0 Å². The van der Waals surface area contributed by atoms with Gasteiger partial charge in [-0.1, -0.05) is 23.7 Å². The Kier molecular flexibility index (Phi) is 4.04. The molecule has 0 bridgehead atoms. The van der Waals surface area contributed by atoms with E-state index in [0.29, 0.717) is 5.02 Å². The summed E-state index contributed by atoms with van der Waals surface area (Å²) in [5, 5.41) is -1.48. The molecule has 0 atom stereocenters. The van der Waals surface area contributed by atoms with Crippen molar-refractivity contribution in [1.82, 2.24) is 0 Å². The van der Waals surface area contributed by atoms with E-state index < -0.39 is 17.0 Å². The quantitative estimate of drug-likeness (QED) is 0.750. The summed E-state index contributed by atoms with van der Waals surface area (Å²) in [5.74, 6) is -4.15. The summed E-state index contributed by atoms with van der Waals surface area (Å²) in [6.45, 7) is 0. The van der Waals surface area contributed by atoms with Crippen LogP contribution in [-0.2, 0) is 5.92 Å². The third-order valence-electron chi connectivity index (χ3n) is 1.63. The van der Waals surface area contributed by atoms with E-state index in [9.17, 15) is 18.0 Å². The maximum Gasteiger partial charge on any atom is 0.359 e. The van der Waals surface area contributed by atoms with Gasteiger partial charge >= 0.3 is 5.37 Å². The van der Waals surface area contributed by atoms with Crippen molar-refractivity contribution >= 4 is 28.7 Å². The molecule has 15 heavy (non-hydrogen) atoms. The van der Waals surface area contributed by atoms with Crippen LogP contribution < -0.4 is 0 Å². The highest BCUT2D eigenvalue weighted by Gasteiger charge is 2.32. The third kappa shape index (κ3) is 3.76. The van der Waals surface area contributed by atoms with Crippen molar-refractivity contribution < 1.29 is 18.0 Å². The maximum atomic E-state index is 13.3. The van der Waals surface area contributed by atoms with E-state index >= 15 is 0 Å². The van der Waals surface area contributed by atoms with Crippen LogP contribution in [0.25, 0.3) is 0 Å². The van der Waals surface area contributed by atoms with Gasteiger partial charge in [-0.05, 0) is 23.9 Å². The summed E-state index contributed by atoms with van der Waals surface area (Å²) >= 11 is 5.47. The largest absolute Gasteiger partial charge is 0.359 e. The molecule has 0 saturated carbocycles. The summed E-state index contributed by atoms with van der Waals surface area (Å²) < 4.78 is 38.3. The van der Waals surface area contributed by atoms with E-state index in [2.05, 4.69) is 0 Å². The lowest BCUT2D eigenvalue weighted by Crippen LogP contribution is -2.17. The summed E-state index contributed by atoms with van der Waals surface area (Å²) in [6, 6.07) is 4.91. The first-order valence-electron chi connectivity index (χ1n) is 3.88. The monoisotopic (exact) mass is 254 g/mol. The predicted octanol–water partition coefficient (Wildman–Crippen LogP) is 4.25. The summed E-state index contributed by atoms with van der Waals surface area (Å²) in [5.41, 5.74) is -0.291. The van der Waals surface area contributed by atoms with Crippen molar-refractivity contribution in [3.63, 3.8) is 0 Å². The molecule has 0 N–H and O–H groups in total. The van der Waals surface area contributed by atoms with Crippen molar-refractivity contribution in [2.45, 2.75) is 5.92 Å². The Morgan fingerprint density at radius 3 is 2.33 bits per heavy atom. The average molecular weight is 255 g/mol. The summed E-state index contributed by atoms with van der Waals surface area (Å²) in [7, 11) is 0. The van der Waals surface area contributed by atoms with Crippen LogP contribution in [0.2, 0.25) is 5.02 Å². The van der Waals surface area contributed by atoms with Crippen molar-refractivity contribution in [2.24, 2.45) is 0 Å². The van der Waals surface area contributed by atoms with Gasteiger partial charge in [0.2, 0.25) is 0 Å². The number of hydrogen-bond donors (Lipinski definition) is 0. The molecule has 0 aliphatic heterocycles. The van der Waals surface area contributed by atoms with Gasteiger partial charge in [-0.25, -0.2) is 13.6 Å². The Balaban J connectivity index is 2.76. The van der Waals surface area contributed by atoms with Crippen LogP contribution in [0.15, 0.2) is 24.3 Å². The Labute approximate surface area is 93.6 Å². The molecule has 0 aromatic heterocycles. The predicted molar refractivity (Wildman–Crippen MR) is 54.3 cm³/mol. The van der Waals surface area contributed by atoms with Gasteiger partial charge in [-0.15, -0.1) is 0 Å². The lowest BCUT2D eigenvalue weighted by atomic mass is 10.1. The second kappa shape index (κ2) is 4.90. The first-order valence-corrected chi connectivity index (χ1v) is 5.24. The molecule has 0 unspecified atom stereocenters. The van der Waals surface area contributed by atoms with Gasteiger partial charge in [-0.2, -0.15) is 4.39 Å². The van der Waals surface area contributed by atoms with Crippen LogP contribution in [0, 0.1) is 0 Å². The lowest BCUT2D eigenvalue weighted by molar-refractivity contribution is 0.0232. The summed E-state index contributed by atoms with van der Waals surface area (Å²) in [6.07, 6.45) is 0. The first kappa shape index (κ1) is 12.4.